The van der Waals surface area contributed by atoms with Crippen LogP contribution in [0, 0.1) is 0 Å². The highest BCUT2D eigenvalue weighted by atomic mass is 16.5. The van der Waals surface area contributed by atoms with E-state index >= 15 is 0 Å². The molecule has 6 aromatic carbocycles. The molecule has 0 aliphatic carbocycles. The lowest BCUT2D eigenvalue weighted by Crippen LogP contribution is -2.02. The molecule has 0 N–H and O–H groups in total. The van der Waals surface area contributed by atoms with Crippen molar-refractivity contribution in [1.29, 1.82) is 0 Å². The van der Waals surface area contributed by atoms with Gasteiger partial charge in [-0.3, -0.25) is 19.2 Å². The SMILES string of the molecule is CC(=O)Oc1cccc(-c2nc3ccc(-c4ccc5nc(-c6cccc(OC(C)=O)c6)c(-c6cccc(OC(C)=O)c6)nc5c4)cc3nc2-c2cccc(OC(C)=O)c2)c1. The van der Waals surface area contributed by atoms with Gasteiger partial charge < -0.3 is 18.9 Å². The zero-order chi connectivity index (χ0) is 41.9. The number of aromatic nitrogens is 4. The van der Waals surface area contributed by atoms with Crippen LogP contribution in [0.15, 0.2) is 133 Å². The summed E-state index contributed by atoms with van der Waals surface area (Å²) in [5.41, 5.74) is 8.83. The number of hydrogen-bond donors (Lipinski definition) is 0. The van der Waals surface area contributed by atoms with Crippen molar-refractivity contribution in [2.75, 3.05) is 0 Å². The first kappa shape index (κ1) is 38.7. The van der Waals surface area contributed by atoms with Crippen molar-refractivity contribution in [2.24, 2.45) is 0 Å². The monoisotopic (exact) mass is 794 g/mol. The number of nitrogens with zero attached hydrogens (tertiary/aromatic N) is 4. The predicted octanol–water partition coefficient (Wildman–Crippen LogP) is 9.61. The summed E-state index contributed by atoms with van der Waals surface area (Å²) in [6.07, 6.45) is 0. The molecule has 8 aromatic rings. The van der Waals surface area contributed by atoms with E-state index in [1.54, 1.807) is 72.8 Å². The van der Waals surface area contributed by atoms with Gasteiger partial charge >= 0.3 is 23.9 Å². The Labute approximate surface area is 343 Å². The minimum absolute atomic E-state index is 0.352. The van der Waals surface area contributed by atoms with Crippen LogP contribution in [-0.4, -0.2) is 43.8 Å². The second kappa shape index (κ2) is 16.4. The molecular weight excluding hydrogens is 761 g/mol. The molecular formula is C48H34N4O8. The van der Waals surface area contributed by atoms with Crippen LogP contribution in [0.25, 0.3) is 78.2 Å². The van der Waals surface area contributed by atoms with Gasteiger partial charge in [-0.2, -0.15) is 0 Å². The van der Waals surface area contributed by atoms with Gasteiger partial charge in [0.2, 0.25) is 0 Å². The van der Waals surface area contributed by atoms with E-state index in [1.807, 2.05) is 60.7 Å². The molecule has 0 aliphatic rings. The van der Waals surface area contributed by atoms with Gasteiger partial charge in [-0.15, -0.1) is 0 Å². The van der Waals surface area contributed by atoms with E-state index in [9.17, 15) is 19.2 Å². The van der Waals surface area contributed by atoms with Gasteiger partial charge in [-0.1, -0.05) is 60.7 Å². The van der Waals surface area contributed by atoms with Crippen molar-refractivity contribution in [3.8, 4) is 79.2 Å². The highest BCUT2D eigenvalue weighted by molar-refractivity contribution is 5.92. The van der Waals surface area contributed by atoms with Gasteiger partial charge in [0, 0.05) is 49.9 Å². The van der Waals surface area contributed by atoms with Crippen LogP contribution in [0.2, 0.25) is 0 Å². The van der Waals surface area contributed by atoms with Crippen LogP contribution in [-0.2, 0) is 19.2 Å². The summed E-state index contributed by atoms with van der Waals surface area (Å²) >= 11 is 0. The molecule has 0 aliphatic heterocycles. The molecule has 2 aromatic heterocycles. The standard InChI is InChI=1S/C48H34N4O8/c1-27(53)57-37-13-5-9-33(21-37)45-47(35-11-7-15-39(23-35)59-29(3)55)51-43-25-31(17-19-41(43)49-45)32-18-20-42-44(26-32)52-48(36-12-8-16-40(24-36)60-30(4)56)46(50-42)34-10-6-14-38(22-34)58-28(2)54/h5-26H,1-4H3. The van der Waals surface area contributed by atoms with Gasteiger partial charge in [0.05, 0.1) is 44.8 Å². The third kappa shape index (κ3) is 8.58. The fourth-order valence-corrected chi connectivity index (χ4v) is 6.76. The summed E-state index contributed by atoms with van der Waals surface area (Å²) in [5, 5.41) is 0. The minimum Gasteiger partial charge on any atom is -0.427 e. The normalized spacial score (nSPS) is 10.9. The first-order valence-electron chi connectivity index (χ1n) is 18.7. The number of fused-ring (bicyclic) bond motifs is 2. The average molecular weight is 795 g/mol. The van der Waals surface area contributed by atoms with Crippen molar-refractivity contribution < 1.29 is 38.1 Å². The zero-order valence-corrected chi connectivity index (χ0v) is 32.8. The number of hydrogen-bond acceptors (Lipinski definition) is 12. The molecule has 12 nitrogen and oxygen atoms in total. The number of rotatable bonds is 9. The Kier molecular flexibility index (Phi) is 10.6. The number of carbonyl (C=O) groups excluding carboxylic acids is 4. The van der Waals surface area contributed by atoms with Crippen molar-refractivity contribution in [3.63, 3.8) is 0 Å². The summed E-state index contributed by atoms with van der Waals surface area (Å²) in [6, 6.07) is 39.7. The maximum Gasteiger partial charge on any atom is 0.308 e. The summed E-state index contributed by atoms with van der Waals surface area (Å²) < 4.78 is 21.6. The molecule has 0 atom stereocenters. The Morgan fingerprint density at radius 3 is 0.850 bits per heavy atom. The molecule has 294 valence electrons. The maximum absolute atomic E-state index is 11.8. The van der Waals surface area contributed by atoms with Crippen molar-refractivity contribution >= 4 is 45.9 Å². The first-order valence-corrected chi connectivity index (χ1v) is 18.7. The number of ether oxygens (including phenoxy) is 4. The molecule has 0 amide bonds. The van der Waals surface area contributed by atoms with Gasteiger partial charge in [-0.05, 0) is 83.9 Å². The van der Waals surface area contributed by atoms with Crippen LogP contribution in [0.4, 0.5) is 0 Å². The Balaban J connectivity index is 1.26. The fourth-order valence-electron chi connectivity index (χ4n) is 6.76. The van der Waals surface area contributed by atoms with Gasteiger partial charge in [-0.25, -0.2) is 19.9 Å². The van der Waals surface area contributed by atoms with E-state index in [2.05, 4.69) is 0 Å². The molecule has 12 heteroatoms. The van der Waals surface area contributed by atoms with E-state index in [-0.39, 0.29) is 0 Å². The minimum atomic E-state index is -0.455. The molecule has 0 fully saturated rings. The molecule has 0 spiro atoms. The second-order valence-corrected chi connectivity index (χ2v) is 13.7. The van der Waals surface area contributed by atoms with Crippen molar-refractivity contribution in [3.05, 3.63) is 133 Å². The zero-order valence-electron chi connectivity index (χ0n) is 32.8. The number of carbonyl (C=O) groups is 4. The largest absolute Gasteiger partial charge is 0.427 e. The molecule has 0 unspecified atom stereocenters. The van der Waals surface area contributed by atoms with Crippen LogP contribution in [0.1, 0.15) is 27.7 Å². The Morgan fingerprint density at radius 1 is 0.317 bits per heavy atom. The van der Waals surface area contributed by atoms with Crippen LogP contribution in [0.5, 0.6) is 23.0 Å². The third-order valence-corrected chi connectivity index (χ3v) is 9.14. The summed E-state index contributed by atoms with van der Waals surface area (Å²) in [4.78, 5) is 67.6. The smallest absolute Gasteiger partial charge is 0.308 e. The Bertz CT molecular complexity index is 2830. The Hall–Kier alpha value is -8.12. The third-order valence-electron chi connectivity index (χ3n) is 9.14. The predicted molar refractivity (Wildman–Crippen MR) is 225 cm³/mol. The van der Waals surface area contributed by atoms with E-state index in [0.29, 0.717) is 90.1 Å². The van der Waals surface area contributed by atoms with E-state index in [1.165, 1.54) is 27.7 Å². The highest BCUT2D eigenvalue weighted by Crippen LogP contribution is 2.37. The summed E-state index contributed by atoms with van der Waals surface area (Å²) in [7, 11) is 0. The maximum atomic E-state index is 11.8. The van der Waals surface area contributed by atoms with Crippen LogP contribution >= 0.6 is 0 Å². The molecule has 0 radical (unpaired) electrons. The molecule has 0 bridgehead atoms. The second-order valence-electron chi connectivity index (χ2n) is 13.7. The lowest BCUT2D eigenvalue weighted by Gasteiger charge is -2.14. The van der Waals surface area contributed by atoms with Gasteiger partial charge in [0.25, 0.3) is 0 Å². The summed E-state index contributed by atoms with van der Waals surface area (Å²) in [6.45, 7) is 5.35. The summed E-state index contributed by atoms with van der Waals surface area (Å²) in [5.74, 6) is -0.385. The van der Waals surface area contributed by atoms with Crippen molar-refractivity contribution in [1.82, 2.24) is 19.9 Å². The molecule has 2 heterocycles. The highest BCUT2D eigenvalue weighted by Gasteiger charge is 2.19. The molecule has 0 saturated heterocycles. The van der Waals surface area contributed by atoms with E-state index in [4.69, 9.17) is 38.9 Å². The molecule has 8 rings (SSSR count). The van der Waals surface area contributed by atoms with Crippen molar-refractivity contribution in [2.45, 2.75) is 27.7 Å². The number of esters is 4. The lowest BCUT2D eigenvalue weighted by molar-refractivity contribution is -0.132. The average Bonchev–Trinajstić information content (AvgIpc) is 3.22. The van der Waals surface area contributed by atoms with Crippen LogP contribution < -0.4 is 18.9 Å². The first-order chi connectivity index (χ1) is 28.9. The van der Waals surface area contributed by atoms with Gasteiger partial charge in [0.15, 0.2) is 0 Å². The Morgan fingerprint density at radius 2 is 0.583 bits per heavy atom. The van der Waals surface area contributed by atoms with E-state index in [0.717, 1.165) is 11.1 Å². The quantitative estimate of drug-likeness (QED) is 0.101. The topological polar surface area (TPSA) is 157 Å². The van der Waals surface area contributed by atoms with Crippen LogP contribution in [0.3, 0.4) is 0 Å². The molecule has 60 heavy (non-hydrogen) atoms. The lowest BCUT2D eigenvalue weighted by atomic mass is 10.0. The fraction of sp³-hybridized carbons (Fsp3) is 0.0833. The molecule has 0 saturated carbocycles. The van der Waals surface area contributed by atoms with Gasteiger partial charge in [0.1, 0.15) is 23.0 Å². The van der Waals surface area contributed by atoms with E-state index < -0.39 is 23.9 Å². The number of benzene rings is 6.